The van der Waals surface area contributed by atoms with Gasteiger partial charge in [-0.2, -0.15) is 15.3 Å². The van der Waals surface area contributed by atoms with Crippen molar-refractivity contribution < 1.29 is 14.3 Å². The highest BCUT2D eigenvalue weighted by Crippen LogP contribution is 2.36. The van der Waals surface area contributed by atoms with E-state index >= 15 is 0 Å². The van der Waals surface area contributed by atoms with Crippen LogP contribution in [0.25, 0.3) is 6.08 Å². The number of rotatable bonds is 11. The maximum absolute atomic E-state index is 13.5. The number of ether oxygens (including phenoxy) is 2. The number of nitrogen functional groups attached to an aromatic ring is 2. The van der Waals surface area contributed by atoms with Gasteiger partial charge in [-0.3, -0.25) is 4.79 Å². The maximum Gasteiger partial charge on any atom is 0.267 e. The van der Waals surface area contributed by atoms with E-state index in [0.29, 0.717) is 34.9 Å². The van der Waals surface area contributed by atoms with Gasteiger partial charge in [-0.05, 0) is 59.5 Å². The molecule has 4 N–H and O–H groups in total. The van der Waals surface area contributed by atoms with E-state index in [1.807, 2.05) is 36.4 Å². The first-order chi connectivity index (χ1) is 19.4. The zero-order valence-corrected chi connectivity index (χ0v) is 23.2. The SMILES string of the molecule is COc1cc(Cc2cnc(N)nc2N)cc(C=CC(=O)N2N=Cc3ccccc3C2CCCCSC#N)c1OC. The topological polar surface area (TPSA) is 153 Å². The van der Waals surface area contributed by atoms with Gasteiger partial charge in [0.25, 0.3) is 5.91 Å². The Morgan fingerprint density at radius 3 is 2.77 bits per heavy atom. The monoisotopic (exact) mass is 557 g/mol. The van der Waals surface area contributed by atoms with E-state index in [1.54, 1.807) is 32.7 Å². The Balaban J connectivity index is 1.60. The summed E-state index contributed by atoms with van der Waals surface area (Å²) in [4.78, 5) is 21.6. The summed E-state index contributed by atoms with van der Waals surface area (Å²) in [6.07, 6.45) is 9.41. The Labute approximate surface area is 237 Å². The molecule has 40 heavy (non-hydrogen) atoms. The van der Waals surface area contributed by atoms with Crippen molar-refractivity contribution in [1.82, 2.24) is 15.0 Å². The summed E-state index contributed by atoms with van der Waals surface area (Å²) >= 11 is 1.25. The summed E-state index contributed by atoms with van der Waals surface area (Å²) in [6, 6.07) is 11.5. The molecule has 1 aliphatic rings. The van der Waals surface area contributed by atoms with Crippen LogP contribution in [0.4, 0.5) is 11.8 Å². The number of carbonyl (C=O) groups is 1. The Kier molecular flexibility index (Phi) is 9.59. The van der Waals surface area contributed by atoms with Gasteiger partial charge in [-0.1, -0.05) is 30.7 Å². The molecule has 1 aromatic heterocycles. The van der Waals surface area contributed by atoms with Crippen LogP contribution in [0.5, 0.6) is 11.5 Å². The fraction of sp³-hybridized carbons (Fsp3) is 0.276. The first kappa shape index (κ1) is 28.4. The molecule has 4 rings (SSSR count). The fourth-order valence-corrected chi connectivity index (χ4v) is 5.06. The van der Waals surface area contributed by atoms with Crippen LogP contribution in [-0.4, -0.2) is 47.1 Å². The molecule has 0 spiro atoms. The smallest absolute Gasteiger partial charge is 0.267 e. The van der Waals surface area contributed by atoms with Crippen molar-refractivity contribution in [3.63, 3.8) is 0 Å². The van der Waals surface area contributed by atoms with Crippen LogP contribution in [0.3, 0.4) is 0 Å². The van der Waals surface area contributed by atoms with Gasteiger partial charge in [0.1, 0.15) is 11.2 Å². The van der Waals surface area contributed by atoms with E-state index < -0.39 is 0 Å². The number of nitrogens with two attached hydrogens (primary N) is 2. The number of hydrogen-bond donors (Lipinski definition) is 2. The third-order valence-corrected chi connectivity index (χ3v) is 7.14. The van der Waals surface area contributed by atoms with E-state index in [4.69, 9.17) is 26.2 Å². The number of nitriles is 1. The van der Waals surface area contributed by atoms with Gasteiger partial charge in [-0.15, -0.1) is 0 Å². The molecule has 0 bridgehead atoms. The molecular weight excluding hydrogens is 526 g/mol. The molecule has 1 aliphatic heterocycles. The van der Waals surface area contributed by atoms with Gasteiger partial charge in [0.05, 0.1) is 26.5 Å². The predicted octanol–water partition coefficient (Wildman–Crippen LogP) is 4.56. The normalized spacial score (nSPS) is 14.1. The maximum atomic E-state index is 13.5. The molecule has 11 heteroatoms. The summed E-state index contributed by atoms with van der Waals surface area (Å²) in [6.45, 7) is 0. The average Bonchev–Trinajstić information content (AvgIpc) is 2.96. The minimum atomic E-state index is -0.259. The van der Waals surface area contributed by atoms with Crippen molar-refractivity contribution >= 4 is 41.7 Å². The van der Waals surface area contributed by atoms with Crippen LogP contribution in [0, 0.1) is 10.7 Å². The summed E-state index contributed by atoms with van der Waals surface area (Å²) in [5.41, 5.74) is 16.0. The van der Waals surface area contributed by atoms with E-state index in [0.717, 1.165) is 41.7 Å². The second-order valence-electron chi connectivity index (χ2n) is 9.08. The zero-order chi connectivity index (χ0) is 28.5. The number of nitrogens with zero attached hydrogens (tertiary/aromatic N) is 5. The second-order valence-corrected chi connectivity index (χ2v) is 9.96. The number of benzene rings is 2. The number of amides is 1. The van der Waals surface area contributed by atoms with E-state index in [-0.39, 0.29) is 17.9 Å². The number of anilines is 2. The third kappa shape index (κ3) is 6.71. The van der Waals surface area contributed by atoms with Gasteiger partial charge in [0, 0.05) is 35.6 Å². The van der Waals surface area contributed by atoms with Gasteiger partial charge in [0.15, 0.2) is 11.5 Å². The van der Waals surface area contributed by atoms with Crippen LogP contribution >= 0.6 is 11.8 Å². The highest BCUT2D eigenvalue weighted by molar-refractivity contribution is 8.03. The lowest BCUT2D eigenvalue weighted by Gasteiger charge is -2.31. The van der Waals surface area contributed by atoms with Crippen molar-refractivity contribution in [1.29, 1.82) is 5.26 Å². The number of thioether (sulfide) groups is 1. The van der Waals surface area contributed by atoms with Gasteiger partial charge < -0.3 is 20.9 Å². The molecule has 1 atom stereocenters. The molecule has 3 aromatic rings. The minimum absolute atomic E-state index is 0.109. The lowest BCUT2D eigenvalue weighted by atomic mass is 9.95. The first-order valence-electron chi connectivity index (χ1n) is 12.7. The number of methoxy groups -OCH3 is 2. The highest BCUT2D eigenvalue weighted by Gasteiger charge is 2.28. The Morgan fingerprint density at radius 2 is 2.02 bits per heavy atom. The first-order valence-corrected chi connectivity index (χ1v) is 13.7. The number of carbonyl (C=O) groups excluding carboxylic acids is 1. The summed E-state index contributed by atoms with van der Waals surface area (Å²) in [5.74, 6) is 1.92. The Bertz CT molecular complexity index is 1470. The highest BCUT2D eigenvalue weighted by atomic mass is 32.2. The van der Waals surface area contributed by atoms with Gasteiger partial charge >= 0.3 is 0 Å². The van der Waals surface area contributed by atoms with Crippen LogP contribution in [0.2, 0.25) is 0 Å². The predicted molar refractivity (Wildman–Crippen MR) is 158 cm³/mol. The molecule has 10 nitrogen and oxygen atoms in total. The molecule has 2 heterocycles. The minimum Gasteiger partial charge on any atom is -0.493 e. The number of fused-ring (bicyclic) bond motifs is 1. The fourth-order valence-electron chi connectivity index (χ4n) is 4.62. The van der Waals surface area contributed by atoms with Crippen LogP contribution in [0.15, 0.2) is 53.8 Å². The van der Waals surface area contributed by atoms with Crippen LogP contribution in [0.1, 0.15) is 53.1 Å². The molecule has 0 saturated heterocycles. The van der Waals surface area contributed by atoms with Crippen molar-refractivity contribution in [3.8, 4) is 16.9 Å². The Hall–Kier alpha value is -4.56. The molecule has 0 radical (unpaired) electrons. The van der Waals surface area contributed by atoms with Crippen LogP contribution in [-0.2, 0) is 11.2 Å². The number of aromatic nitrogens is 2. The molecule has 1 amide bonds. The number of hydrogen-bond acceptors (Lipinski definition) is 10. The van der Waals surface area contributed by atoms with Crippen LogP contribution < -0.4 is 20.9 Å². The third-order valence-electron chi connectivity index (χ3n) is 6.52. The second kappa shape index (κ2) is 13.5. The lowest BCUT2D eigenvalue weighted by Crippen LogP contribution is -2.32. The molecule has 2 aromatic carbocycles. The van der Waals surface area contributed by atoms with Crippen molar-refractivity contribution in [3.05, 3.63) is 76.5 Å². The average molecular weight is 558 g/mol. The molecule has 0 aliphatic carbocycles. The molecule has 0 saturated carbocycles. The van der Waals surface area contributed by atoms with E-state index in [2.05, 4.69) is 20.5 Å². The molecule has 1 unspecified atom stereocenters. The lowest BCUT2D eigenvalue weighted by molar-refractivity contribution is -0.128. The number of thiocyanates is 1. The quantitative estimate of drug-likeness (QED) is 0.196. The van der Waals surface area contributed by atoms with Gasteiger partial charge in [0.2, 0.25) is 5.95 Å². The van der Waals surface area contributed by atoms with Gasteiger partial charge in [-0.25, -0.2) is 9.99 Å². The summed E-state index contributed by atoms with van der Waals surface area (Å²) in [5, 5.41) is 16.9. The van der Waals surface area contributed by atoms with Crippen molar-refractivity contribution in [2.75, 3.05) is 31.4 Å². The van der Waals surface area contributed by atoms with Crippen molar-refractivity contribution in [2.24, 2.45) is 5.10 Å². The summed E-state index contributed by atoms with van der Waals surface area (Å²) in [7, 11) is 3.11. The zero-order valence-electron chi connectivity index (χ0n) is 22.4. The van der Waals surface area contributed by atoms with E-state index in [9.17, 15) is 4.79 Å². The standard InChI is InChI=1S/C29H31N7O3S/c1-38-25-15-19(14-22-16-33-29(32)35-28(22)31)13-20(27(25)39-2)10-11-26(37)36-24(9-5-6-12-40-18-30)23-8-4-3-7-21(23)17-34-36/h3-4,7-8,10-11,13,15-17,24H,5-6,9,12,14H2,1-2H3,(H4,31,32,33,35). The Morgan fingerprint density at radius 1 is 1.20 bits per heavy atom. The van der Waals surface area contributed by atoms with Crippen molar-refractivity contribution in [2.45, 2.75) is 31.7 Å². The molecule has 206 valence electrons. The van der Waals surface area contributed by atoms with E-state index in [1.165, 1.54) is 22.8 Å². The summed E-state index contributed by atoms with van der Waals surface area (Å²) < 4.78 is 11.2. The number of unbranched alkanes of at least 4 members (excludes halogenated alkanes) is 1. The molecule has 0 fully saturated rings. The largest absolute Gasteiger partial charge is 0.493 e. The number of hydrazone groups is 1. The molecular formula is C29H31N7O3S.